The van der Waals surface area contributed by atoms with Crippen molar-refractivity contribution in [2.45, 2.75) is 47.4 Å². The minimum Gasteiger partial charge on any atom is -0.508 e. The van der Waals surface area contributed by atoms with Gasteiger partial charge in [-0.25, -0.2) is 4.79 Å². The average molecular weight is 669 g/mol. The topological polar surface area (TPSA) is 218 Å². The van der Waals surface area contributed by atoms with E-state index in [-0.39, 0.29) is 30.6 Å². The van der Waals surface area contributed by atoms with Gasteiger partial charge in [-0.2, -0.15) is 0 Å². The maximum atomic E-state index is 12.8. The molecule has 256 valence electrons. The van der Waals surface area contributed by atoms with Crippen molar-refractivity contribution in [2.75, 3.05) is 41.0 Å². The summed E-state index contributed by atoms with van der Waals surface area (Å²) in [7, 11) is 4.48. The molecule has 3 aromatic rings. The molecule has 4 aliphatic heterocycles. The van der Waals surface area contributed by atoms with E-state index < -0.39 is 54.0 Å². The molecule has 2 saturated heterocycles. The number of hydrogen-bond donors (Lipinski definition) is 8. The van der Waals surface area contributed by atoms with Crippen molar-refractivity contribution in [1.29, 1.82) is 0 Å². The SMILES string of the molecule is CN[C@@H]1CN[C@]2(O)[C@@H](O)[C@](CO)(Oc3cc4c(c(-c5cccc(O)c5)c3)[C@@H]3Oc5c(ccc(OC)c5OC)[C@H]3CO4)O[C@]1(C(=O)O)[C@H]2O. The number of carbonyl (C=O) groups is 1. The Bertz CT molecular complexity index is 1770. The number of phenolic OH excluding ortho intramolecular Hbond substituents is 1. The predicted molar refractivity (Wildman–Crippen MR) is 164 cm³/mol. The van der Waals surface area contributed by atoms with Gasteiger partial charge in [-0.3, -0.25) is 5.32 Å². The van der Waals surface area contributed by atoms with Gasteiger partial charge in [-0.1, -0.05) is 18.2 Å². The van der Waals surface area contributed by atoms with Crippen LogP contribution in [-0.4, -0.2) is 113 Å². The van der Waals surface area contributed by atoms with E-state index in [0.29, 0.717) is 39.7 Å². The fourth-order valence-corrected chi connectivity index (χ4v) is 7.44. The first-order valence-electron chi connectivity index (χ1n) is 15.2. The number of piperidine rings is 1. The van der Waals surface area contributed by atoms with Crippen molar-refractivity contribution in [1.82, 2.24) is 10.6 Å². The van der Waals surface area contributed by atoms with Gasteiger partial charge in [0.15, 0.2) is 23.3 Å². The van der Waals surface area contributed by atoms with Crippen molar-refractivity contribution in [3.05, 3.63) is 59.7 Å². The predicted octanol–water partition coefficient (Wildman–Crippen LogP) is 0.209. The number of carboxylic acids is 1. The lowest BCUT2D eigenvalue weighted by Crippen LogP contribution is -2.90. The van der Waals surface area contributed by atoms with Crippen LogP contribution in [0.15, 0.2) is 48.5 Å². The number of likely N-dealkylation sites (N-methyl/N-ethyl adjacent to an activating group) is 1. The summed E-state index contributed by atoms with van der Waals surface area (Å²) < 4.78 is 36.0. The molecule has 8 N–H and O–H groups in total. The highest BCUT2D eigenvalue weighted by molar-refractivity contribution is 5.81. The smallest absolute Gasteiger partial charge is 0.340 e. The quantitative estimate of drug-likeness (QED) is 0.161. The zero-order valence-electron chi connectivity index (χ0n) is 26.2. The normalized spacial score (nSPS) is 32.9. The summed E-state index contributed by atoms with van der Waals surface area (Å²) in [5, 5.41) is 70.9. The first-order valence-corrected chi connectivity index (χ1v) is 15.2. The van der Waals surface area contributed by atoms with Crippen LogP contribution in [0.2, 0.25) is 0 Å². The second-order valence-corrected chi connectivity index (χ2v) is 12.2. The Morgan fingerprint density at radius 2 is 1.90 bits per heavy atom. The van der Waals surface area contributed by atoms with Crippen LogP contribution in [0.25, 0.3) is 11.1 Å². The number of methoxy groups -OCH3 is 2. The molecule has 0 aromatic heterocycles. The van der Waals surface area contributed by atoms with Gasteiger partial charge in [0.05, 0.1) is 32.8 Å². The van der Waals surface area contributed by atoms with Crippen LogP contribution in [0.5, 0.6) is 34.5 Å². The molecule has 7 rings (SSSR count). The monoisotopic (exact) mass is 668 g/mol. The molecule has 0 radical (unpaired) electrons. The number of rotatable bonds is 8. The Kier molecular flexibility index (Phi) is 7.63. The maximum Gasteiger partial charge on any atom is 0.340 e. The lowest BCUT2D eigenvalue weighted by Gasteiger charge is -2.61. The Hall–Kier alpha value is -4.35. The summed E-state index contributed by atoms with van der Waals surface area (Å²) in [6.07, 6.45) is -4.98. The molecule has 15 nitrogen and oxygen atoms in total. The molecule has 0 spiro atoms. The van der Waals surface area contributed by atoms with Crippen molar-refractivity contribution in [3.8, 4) is 45.6 Å². The third-order valence-electron chi connectivity index (χ3n) is 9.81. The fraction of sp³-hybridized carbons (Fsp3) is 0.424. The van der Waals surface area contributed by atoms with E-state index in [1.807, 2.05) is 6.07 Å². The molecule has 48 heavy (non-hydrogen) atoms. The number of nitrogens with one attached hydrogen (secondary N) is 2. The highest BCUT2D eigenvalue weighted by atomic mass is 16.7. The van der Waals surface area contributed by atoms with Crippen molar-refractivity contribution in [3.63, 3.8) is 0 Å². The summed E-state index contributed by atoms with van der Waals surface area (Å²) in [6, 6.07) is 12.0. The average Bonchev–Trinajstić information content (AvgIpc) is 3.47. The van der Waals surface area contributed by atoms with Gasteiger partial charge in [-0.05, 0) is 42.4 Å². The maximum absolute atomic E-state index is 12.8. The molecule has 3 aromatic carbocycles. The largest absolute Gasteiger partial charge is 0.508 e. The van der Waals surface area contributed by atoms with Crippen LogP contribution in [0.3, 0.4) is 0 Å². The van der Waals surface area contributed by atoms with E-state index in [1.165, 1.54) is 45.5 Å². The van der Waals surface area contributed by atoms with Gasteiger partial charge >= 0.3 is 5.97 Å². The number of aliphatic carboxylic acids is 1. The molecule has 4 aliphatic rings. The van der Waals surface area contributed by atoms with Crippen molar-refractivity contribution < 1.29 is 63.9 Å². The third kappa shape index (κ3) is 4.36. The number of phenols is 1. The summed E-state index contributed by atoms with van der Waals surface area (Å²) in [5.41, 5.74) is -2.79. The first-order chi connectivity index (χ1) is 23.0. The van der Waals surface area contributed by atoms with E-state index in [2.05, 4.69) is 10.6 Å². The minimum atomic E-state index is -2.66. The Morgan fingerprint density at radius 3 is 2.56 bits per heavy atom. The Morgan fingerprint density at radius 1 is 1.10 bits per heavy atom. The molecule has 8 atom stereocenters. The summed E-state index contributed by atoms with van der Waals surface area (Å²) >= 11 is 0. The van der Waals surface area contributed by atoms with E-state index in [4.69, 9.17) is 28.4 Å². The van der Waals surface area contributed by atoms with Gasteiger partial charge in [0.2, 0.25) is 11.4 Å². The van der Waals surface area contributed by atoms with Crippen molar-refractivity contribution in [2.24, 2.45) is 0 Å². The molecule has 2 bridgehead atoms. The molecule has 0 saturated carbocycles. The zero-order chi connectivity index (χ0) is 34.2. The number of aromatic hydroxyl groups is 1. The second kappa shape index (κ2) is 11.4. The zero-order valence-corrected chi connectivity index (χ0v) is 26.2. The van der Waals surface area contributed by atoms with Crippen LogP contribution in [0.1, 0.15) is 23.1 Å². The van der Waals surface area contributed by atoms with Gasteiger partial charge in [-0.15, -0.1) is 0 Å². The number of aliphatic hydroxyl groups is 4. The van der Waals surface area contributed by atoms with Gasteiger partial charge < -0.3 is 64.4 Å². The lowest BCUT2D eigenvalue weighted by atomic mass is 9.71. The van der Waals surface area contributed by atoms with E-state index >= 15 is 0 Å². The number of fused-ring (bicyclic) bond motifs is 7. The molecular formula is C33H36N2O13. The first kappa shape index (κ1) is 32.2. The van der Waals surface area contributed by atoms with E-state index in [9.17, 15) is 35.4 Å². The Balaban J connectivity index is 1.36. The van der Waals surface area contributed by atoms with Crippen LogP contribution in [0, 0.1) is 0 Å². The second-order valence-electron chi connectivity index (χ2n) is 12.2. The summed E-state index contributed by atoms with van der Waals surface area (Å²) in [6.45, 7) is -1.18. The molecule has 2 fully saturated rings. The van der Waals surface area contributed by atoms with Crippen LogP contribution in [-0.2, 0) is 9.53 Å². The minimum absolute atomic E-state index is 0.0302. The Labute approximate surface area is 274 Å². The third-order valence-corrected chi connectivity index (χ3v) is 9.81. The molecule has 4 heterocycles. The number of benzene rings is 3. The lowest BCUT2D eigenvalue weighted by molar-refractivity contribution is -0.411. The number of carboxylic acid groups (broad SMARTS) is 1. The molecular weight excluding hydrogens is 632 g/mol. The fourth-order valence-electron chi connectivity index (χ4n) is 7.44. The summed E-state index contributed by atoms with van der Waals surface area (Å²) in [4.78, 5) is 12.8. The number of hydrogen-bond acceptors (Lipinski definition) is 14. The molecule has 0 unspecified atom stereocenters. The number of ether oxygens (including phenoxy) is 6. The number of aliphatic hydroxyl groups excluding tert-OH is 3. The van der Waals surface area contributed by atoms with E-state index in [1.54, 1.807) is 18.2 Å². The highest BCUT2D eigenvalue weighted by Crippen LogP contribution is 2.58. The van der Waals surface area contributed by atoms with Crippen LogP contribution >= 0.6 is 0 Å². The molecule has 0 aliphatic carbocycles. The standard InChI is InChI=1S/C33H36N2O13/c1-34-23-12-35-33(42)28(38)31(14-36,48-32(23,29(33)39)30(40)41)47-17-10-19(15-5-4-6-16(37)9-15)24-22(11-17)45-13-20-18-7-8-21(43-2)27(44-3)26(18)46-25(20)24/h4-11,20,23,25,28-29,34-39,42H,12-14H2,1-3H3,(H,40,41)/t20-,23-,25-,28+,29-,31-,32+,33+/m1/s1. The molecule has 15 heteroatoms. The van der Waals surface area contributed by atoms with Gasteiger partial charge in [0, 0.05) is 23.7 Å². The van der Waals surface area contributed by atoms with Gasteiger partial charge in [0.25, 0.3) is 5.79 Å². The van der Waals surface area contributed by atoms with Crippen LogP contribution in [0.4, 0.5) is 0 Å². The van der Waals surface area contributed by atoms with Crippen LogP contribution < -0.4 is 34.3 Å². The molecule has 0 amide bonds. The highest BCUT2D eigenvalue weighted by Gasteiger charge is 2.76. The van der Waals surface area contributed by atoms with Gasteiger partial charge in [0.1, 0.15) is 36.1 Å². The summed E-state index contributed by atoms with van der Waals surface area (Å²) in [5.74, 6) is -2.94. The van der Waals surface area contributed by atoms with E-state index in [0.717, 1.165) is 5.56 Å². The van der Waals surface area contributed by atoms with Crippen molar-refractivity contribution >= 4 is 5.97 Å².